The predicted molar refractivity (Wildman–Crippen MR) is 68.7 cm³/mol. The molecular weight excluding hydrogens is 228 g/mol. The van der Waals surface area contributed by atoms with Crippen molar-refractivity contribution in [3.63, 3.8) is 0 Å². The first-order valence-corrected chi connectivity index (χ1v) is 5.55. The molecule has 4 heteroatoms. The highest BCUT2D eigenvalue weighted by Crippen LogP contribution is 2.26. The van der Waals surface area contributed by atoms with Gasteiger partial charge in [0, 0.05) is 23.2 Å². The van der Waals surface area contributed by atoms with E-state index in [1.165, 1.54) is 12.3 Å². The van der Waals surface area contributed by atoms with Crippen molar-refractivity contribution in [3.8, 4) is 0 Å². The Kier molecular flexibility index (Phi) is 2.23. The molecule has 1 N–H and O–H groups in total. The summed E-state index contributed by atoms with van der Waals surface area (Å²) in [6, 6.07) is 7.12. The fraction of sp³-hybridized carbons (Fsp3) is 0.0714. The van der Waals surface area contributed by atoms with Gasteiger partial charge in [0.1, 0.15) is 0 Å². The van der Waals surface area contributed by atoms with E-state index in [1.807, 2.05) is 19.1 Å². The molecule has 4 nitrogen and oxygen atoms in total. The highest BCUT2D eigenvalue weighted by molar-refractivity contribution is 6.10. The van der Waals surface area contributed by atoms with E-state index in [0.717, 1.165) is 16.5 Å². The van der Waals surface area contributed by atoms with Crippen LogP contribution in [0.15, 0.2) is 36.7 Å². The number of aryl methyl sites for hydroxylation is 1. The van der Waals surface area contributed by atoms with Gasteiger partial charge in [-0.2, -0.15) is 0 Å². The zero-order valence-electron chi connectivity index (χ0n) is 9.71. The molecule has 0 atom stereocenters. The minimum atomic E-state index is -0.950. The molecule has 0 spiro atoms. The Hall–Kier alpha value is -2.49. The smallest absolute Gasteiger partial charge is 0.336 e. The first-order valence-electron chi connectivity index (χ1n) is 5.55. The van der Waals surface area contributed by atoms with E-state index in [2.05, 4.69) is 9.97 Å². The Balaban J connectivity index is 2.53. The van der Waals surface area contributed by atoms with E-state index in [0.29, 0.717) is 10.9 Å². The Bertz CT molecular complexity index is 781. The van der Waals surface area contributed by atoms with Gasteiger partial charge in [-0.25, -0.2) is 4.79 Å². The first-order chi connectivity index (χ1) is 8.68. The van der Waals surface area contributed by atoms with Gasteiger partial charge in [-0.15, -0.1) is 0 Å². The summed E-state index contributed by atoms with van der Waals surface area (Å²) in [6.07, 6.45) is 3.22. The molecule has 2 aromatic heterocycles. The molecule has 88 valence electrons. The number of hydrogen-bond acceptors (Lipinski definition) is 3. The molecule has 0 saturated heterocycles. The quantitative estimate of drug-likeness (QED) is 0.662. The summed E-state index contributed by atoms with van der Waals surface area (Å²) in [4.78, 5) is 19.8. The number of carboxylic acids is 1. The average Bonchev–Trinajstić information content (AvgIpc) is 2.38. The molecule has 0 radical (unpaired) electrons. The fourth-order valence-corrected chi connectivity index (χ4v) is 2.15. The molecule has 0 aliphatic carbocycles. The van der Waals surface area contributed by atoms with Crippen LogP contribution in [0.5, 0.6) is 0 Å². The average molecular weight is 238 g/mol. The number of carboxylic acid groups (broad SMARTS) is 1. The van der Waals surface area contributed by atoms with Crippen molar-refractivity contribution in [2.24, 2.45) is 0 Å². The number of rotatable bonds is 1. The number of carbonyl (C=O) groups is 1. The molecule has 0 unspecified atom stereocenters. The summed E-state index contributed by atoms with van der Waals surface area (Å²) >= 11 is 0. The first kappa shape index (κ1) is 10.7. The summed E-state index contributed by atoms with van der Waals surface area (Å²) in [7, 11) is 0. The molecule has 0 aliphatic rings. The number of pyridine rings is 2. The number of benzene rings is 1. The van der Waals surface area contributed by atoms with Gasteiger partial charge >= 0.3 is 5.97 Å². The molecule has 0 fully saturated rings. The van der Waals surface area contributed by atoms with Crippen LogP contribution in [0, 0.1) is 6.92 Å². The molecule has 18 heavy (non-hydrogen) atoms. The zero-order valence-corrected chi connectivity index (χ0v) is 9.71. The van der Waals surface area contributed by atoms with Crippen molar-refractivity contribution in [3.05, 3.63) is 47.8 Å². The molecule has 3 aromatic rings. The molecule has 3 rings (SSSR count). The van der Waals surface area contributed by atoms with Crippen LogP contribution in [0.3, 0.4) is 0 Å². The summed E-state index contributed by atoms with van der Waals surface area (Å²) in [5.74, 6) is -0.950. The number of aromatic carboxylic acids is 1. The van der Waals surface area contributed by atoms with Gasteiger partial charge in [-0.3, -0.25) is 9.97 Å². The third kappa shape index (κ3) is 1.43. The maximum Gasteiger partial charge on any atom is 0.336 e. The highest BCUT2D eigenvalue weighted by atomic mass is 16.4. The van der Waals surface area contributed by atoms with E-state index < -0.39 is 5.97 Å². The zero-order chi connectivity index (χ0) is 12.7. The van der Waals surface area contributed by atoms with Gasteiger partial charge in [-0.1, -0.05) is 12.1 Å². The largest absolute Gasteiger partial charge is 0.478 e. The lowest BCUT2D eigenvalue weighted by Gasteiger charge is -2.06. The third-order valence-electron chi connectivity index (χ3n) is 3.07. The second kappa shape index (κ2) is 3.77. The van der Waals surface area contributed by atoms with Crippen molar-refractivity contribution in [2.45, 2.75) is 6.92 Å². The molecule has 0 saturated carbocycles. The van der Waals surface area contributed by atoms with E-state index in [4.69, 9.17) is 5.11 Å². The van der Waals surface area contributed by atoms with Crippen LogP contribution in [-0.2, 0) is 0 Å². The van der Waals surface area contributed by atoms with E-state index in [1.54, 1.807) is 12.3 Å². The second-order valence-corrected chi connectivity index (χ2v) is 4.15. The van der Waals surface area contributed by atoms with Gasteiger partial charge in [0.25, 0.3) is 0 Å². The maximum atomic E-state index is 11.2. The molecule has 2 heterocycles. The van der Waals surface area contributed by atoms with Gasteiger partial charge in [0.05, 0.1) is 16.6 Å². The lowest BCUT2D eigenvalue weighted by Crippen LogP contribution is -1.99. The van der Waals surface area contributed by atoms with Crippen LogP contribution in [0.25, 0.3) is 21.8 Å². The Morgan fingerprint density at radius 1 is 1.00 bits per heavy atom. The number of fused-ring (bicyclic) bond motifs is 3. The third-order valence-corrected chi connectivity index (χ3v) is 3.07. The van der Waals surface area contributed by atoms with E-state index in [9.17, 15) is 4.79 Å². The molecular formula is C14H10N2O2. The predicted octanol–water partition coefficient (Wildman–Crippen LogP) is 2.79. The number of hydrogen-bond donors (Lipinski definition) is 1. The topological polar surface area (TPSA) is 63.1 Å². The Morgan fingerprint density at radius 3 is 2.33 bits per heavy atom. The Morgan fingerprint density at radius 2 is 1.61 bits per heavy atom. The minimum absolute atomic E-state index is 0.255. The van der Waals surface area contributed by atoms with Crippen LogP contribution >= 0.6 is 0 Å². The van der Waals surface area contributed by atoms with Gasteiger partial charge in [-0.05, 0) is 24.6 Å². The SMILES string of the molecule is Cc1ccnc2c1ccc1c(C(=O)O)ccnc12. The summed E-state index contributed by atoms with van der Waals surface area (Å²) in [6.45, 7) is 2.00. The maximum absolute atomic E-state index is 11.2. The van der Waals surface area contributed by atoms with Crippen molar-refractivity contribution in [1.29, 1.82) is 0 Å². The summed E-state index contributed by atoms with van der Waals surface area (Å²) in [5.41, 5.74) is 2.74. The fourth-order valence-electron chi connectivity index (χ4n) is 2.15. The molecule has 0 aliphatic heterocycles. The van der Waals surface area contributed by atoms with Crippen LogP contribution in [0.2, 0.25) is 0 Å². The summed E-state index contributed by atoms with van der Waals surface area (Å²) < 4.78 is 0. The van der Waals surface area contributed by atoms with Crippen molar-refractivity contribution >= 4 is 27.8 Å². The monoisotopic (exact) mass is 238 g/mol. The van der Waals surface area contributed by atoms with Crippen molar-refractivity contribution in [1.82, 2.24) is 9.97 Å². The highest BCUT2D eigenvalue weighted by Gasteiger charge is 2.11. The molecule has 1 aromatic carbocycles. The van der Waals surface area contributed by atoms with Crippen LogP contribution < -0.4 is 0 Å². The molecule has 0 amide bonds. The van der Waals surface area contributed by atoms with Crippen molar-refractivity contribution in [2.75, 3.05) is 0 Å². The summed E-state index contributed by atoms with van der Waals surface area (Å²) in [5, 5.41) is 10.8. The van der Waals surface area contributed by atoms with Gasteiger partial charge in [0.15, 0.2) is 0 Å². The van der Waals surface area contributed by atoms with Gasteiger partial charge in [0.2, 0.25) is 0 Å². The second-order valence-electron chi connectivity index (χ2n) is 4.15. The normalized spacial score (nSPS) is 10.9. The standard InChI is InChI=1S/C14H10N2O2/c1-8-4-6-15-12-9(8)2-3-10-11(14(17)18)5-7-16-13(10)12/h2-7H,1H3,(H,17,18). The Labute approximate surface area is 103 Å². The lowest BCUT2D eigenvalue weighted by molar-refractivity contribution is 0.0699. The number of aromatic nitrogens is 2. The van der Waals surface area contributed by atoms with E-state index in [-0.39, 0.29) is 5.56 Å². The minimum Gasteiger partial charge on any atom is -0.478 e. The van der Waals surface area contributed by atoms with E-state index >= 15 is 0 Å². The van der Waals surface area contributed by atoms with Crippen molar-refractivity contribution < 1.29 is 9.90 Å². The van der Waals surface area contributed by atoms with Gasteiger partial charge < -0.3 is 5.11 Å². The van der Waals surface area contributed by atoms with Crippen LogP contribution in [0.4, 0.5) is 0 Å². The number of nitrogens with zero attached hydrogens (tertiary/aromatic N) is 2. The molecule has 0 bridgehead atoms. The van der Waals surface area contributed by atoms with Crippen LogP contribution in [0.1, 0.15) is 15.9 Å². The van der Waals surface area contributed by atoms with Crippen LogP contribution in [-0.4, -0.2) is 21.0 Å². The lowest BCUT2D eigenvalue weighted by atomic mass is 10.0.